The highest BCUT2D eigenvalue weighted by Gasteiger charge is 2.33. The quantitative estimate of drug-likeness (QED) is 0.408. The minimum absolute atomic E-state index is 0.184. The van der Waals surface area contributed by atoms with E-state index in [1.807, 2.05) is 0 Å². The van der Waals surface area contributed by atoms with Crippen LogP contribution in [0.4, 0.5) is 0 Å². The summed E-state index contributed by atoms with van der Waals surface area (Å²) in [5.41, 5.74) is -0.619. The molecule has 4 heteroatoms. The summed E-state index contributed by atoms with van der Waals surface area (Å²) in [5.74, 6) is -1.97. The van der Waals surface area contributed by atoms with E-state index in [1.54, 1.807) is 27.7 Å². The Bertz CT molecular complexity index is 275. The lowest BCUT2D eigenvalue weighted by Gasteiger charge is -2.25. The van der Waals surface area contributed by atoms with Crippen molar-refractivity contribution in [3.05, 3.63) is 0 Å². The number of hydrogen-bond donors (Lipinski definition) is 0. The summed E-state index contributed by atoms with van der Waals surface area (Å²) >= 11 is 0. The van der Waals surface area contributed by atoms with Gasteiger partial charge in [0.25, 0.3) is 0 Å². The van der Waals surface area contributed by atoms with Crippen molar-refractivity contribution in [2.24, 2.45) is 11.8 Å². The van der Waals surface area contributed by atoms with E-state index in [4.69, 9.17) is 4.74 Å². The predicted molar refractivity (Wildman–Crippen MR) is 59.9 cm³/mol. The minimum Gasteiger partial charge on any atom is -0.459 e. The van der Waals surface area contributed by atoms with E-state index in [0.717, 1.165) is 0 Å². The van der Waals surface area contributed by atoms with E-state index >= 15 is 0 Å². The number of aldehydes is 1. The molecule has 2 atom stereocenters. The molecule has 0 N–H and O–H groups in total. The van der Waals surface area contributed by atoms with Gasteiger partial charge in [0, 0.05) is 6.42 Å². The summed E-state index contributed by atoms with van der Waals surface area (Å²) in [6, 6.07) is 0. The Labute approximate surface area is 96.4 Å². The molecule has 0 aromatic rings. The summed E-state index contributed by atoms with van der Waals surface area (Å²) < 4.78 is 5.15. The molecule has 0 amide bonds. The Hall–Kier alpha value is -1.19. The first-order valence-corrected chi connectivity index (χ1v) is 5.36. The molecular formula is C12H20O4. The number of Topliss-reactive ketones (excluding diaryl/α,β-unsaturated/α-hetero) is 1. The molecule has 0 fully saturated rings. The summed E-state index contributed by atoms with van der Waals surface area (Å²) in [6.45, 7) is 8.27. The standard InChI is InChI=1S/C12H20O4/c1-8(6-7-13)10(9(2)14)11(15)16-12(3,4)5/h7-8,10H,6H2,1-5H3/t8-,10?/m1/s1. The molecule has 16 heavy (non-hydrogen) atoms. The van der Waals surface area contributed by atoms with Gasteiger partial charge in [-0.1, -0.05) is 6.92 Å². The van der Waals surface area contributed by atoms with Crippen LogP contribution in [0.5, 0.6) is 0 Å². The fourth-order valence-electron chi connectivity index (χ4n) is 1.45. The Kier molecular flexibility index (Phi) is 5.35. The molecule has 0 aliphatic carbocycles. The van der Waals surface area contributed by atoms with Crippen LogP contribution in [0.3, 0.4) is 0 Å². The molecule has 0 aromatic carbocycles. The first kappa shape index (κ1) is 14.8. The van der Waals surface area contributed by atoms with Crippen LogP contribution in [0, 0.1) is 11.8 Å². The Morgan fingerprint density at radius 1 is 1.31 bits per heavy atom. The fraction of sp³-hybridized carbons (Fsp3) is 0.750. The third-order valence-corrected chi connectivity index (χ3v) is 2.14. The first-order chi connectivity index (χ1) is 7.19. The number of ketones is 1. The highest BCUT2D eigenvalue weighted by atomic mass is 16.6. The van der Waals surface area contributed by atoms with Gasteiger partial charge in [0.05, 0.1) is 0 Å². The molecule has 0 bridgehead atoms. The van der Waals surface area contributed by atoms with Gasteiger partial charge in [-0.25, -0.2) is 0 Å². The van der Waals surface area contributed by atoms with Crippen molar-refractivity contribution in [1.82, 2.24) is 0 Å². The third-order valence-electron chi connectivity index (χ3n) is 2.14. The van der Waals surface area contributed by atoms with E-state index in [-0.39, 0.29) is 18.1 Å². The maximum absolute atomic E-state index is 11.8. The van der Waals surface area contributed by atoms with Gasteiger partial charge in [-0.05, 0) is 33.6 Å². The van der Waals surface area contributed by atoms with E-state index in [2.05, 4.69) is 0 Å². The second-order valence-corrected chi connectivity index (χ2v) is 5.00. The van der Waals surface area contributed by atoms with Gasteiger partial charge < -0.3 is 9.53 Å². The first-order valence-electron chi connectivity index (χ1n) is 5.36. The van der Waals surface area contributed by atoms with Gasteiger partial charge >= 0.3 is 5.97 Å². The van der Waals surface area contributed by atoms with Crippen molar-refractivity contribution in [3.63, 3.8) is 0 Å². The Morgan fingerprint density at radius 2 is 1.81 bits per heavy atom. The van der Waals surface area contributed by atoms with Crippen LogP contribution in [0.2, 0.25) is 0 Å². The maximum Gasteiger partial charge on any atom is 0.317 e. The average molecular weight is 228 g/mol. The molecule has 1 unspecified atom stereocenters. The zero-order valence-electron chi connectivity index (χ0n) is 10.6. The van der Waals surface area contributed by atoms with Crippen molar-refractivity contribution in [2.45, 2.75) is 46.6 Å². The van der Waals surface area contributed by atoms with E-state index in [0.29, 0.717) is 6.29 Å². The Morgan fingerprint density at radius 3 is 2.12 bits per heavy atom. The predicted octanol–water partition coefficient (Wildman–Crippen LogP) is 1.76. The van der Waals surface area contributed by atoms with Crippen LogP contribution in [0.15, 0.2) is 0 Å². The number of hydrogen-bond acceptors (Lipinski definition) is 4. The average Bonchev–Trinajstić information content (AvgIpc) is 1.99. The molecule has 92 valence electrons. The zero-order valence-corrected chi connectivity index (χ0v) is 10.6. The summed E-state index contributed by atoms with van der Waals surface area (Å²) in [4.78, 5) is 33.5. The van der Waals surface area contributed by atoms with Crippen molar-refractivity contribution in [2.75, 3.05) is 0 Å². The number of ether oxygens (including phenoxy) is 1. The fourth-order valence-corrected chi connectivity index (χ4v) is 1.45. The van der Waals surface area contributed by atoms with Gasteiger partial charge in [0.1, 0.15) is 23.6 Å². The second kappa shape index (κ2) is 5.77. The van der Waals surface area contributed by atoms with E-state index < -0.39 is 17.5 Å². The highest BCUT2D eigenvalue weighted by Crippen LogP contribution is 2.20. The maximum atomic E-state index is 11.8. The number of esters is 1. The van der Waals surface area contributed by atoms with Crippen LogP contribution in [0.1, 0.15) is 41.0 Å². The van der Waals surface area contributed by atoms with E-state index in [1.165, 1.54) is 6.92 Å². The highest BCUT2D eigenvalue weighted by molar-refractivity contribution is 5.98. The number of rotatable bonds is 5. The van der Waals surface area contributed by atoms with Crippen LogP contribution in [-0.4, -0.2) is 23.6 Å². The molecule has 0 radical (unpaired) electrons. The van der Waals surface area contributed by atoms with Crippen molar-refractivity contribution < 1.29 is 19.1 Å². The van der Waals surface area contributed by atoms with Crippen molar-refractivity contribution >= 4 is 18.0 Å². The molecule has 0 saturated heterocycles. The lowest BCUT2D eigenvalue weighted by Crippen LogP contribution is -2.35. The van der Waals surface area contributed by atoms with Crippen molar-refractivity contribution in [3.8, 4) is 0 Å². The van der Waals surface area contributed by atoms with Gasteiger partial charge in [-0.2, -0.15) is 0 Å². The van der Waals surface area contributed by atoms with Gasteiger partial charge in [-0.15, -0.1) is 0 Å². The van der Waals surface area contributed by atoms with Gasteiger partial charge in [0.2, 0.25) is 0 Å². The monoisotopic (exact) mass is 228 g/mol. The normalized spacial score (nSPS) is 15.1. The molecule has 0 heterocycles. The second-order valence-electron chi connectivity index (χ2n) is 5.00. The largest absolute Gasteiger partial charge is 0.459 e. The minimum atomic E-state index is -0.843. The molecular weight excluding hydrogens is 208 g/mol. The van der Waals surface area contributed by atoms with Gasteiger partial charge in [-0.3, -0.25) is 9.59 Å². The SMILES string of the molecule is CC(=O)C(C(=O)OC(C)(C)C)[C@H](C)CC=O. The van der Waals surface area contributed by atoms with Crippen molar-refractivity contribution in [1.29, 1.82) is 0 Å². The summed E-state index contributed by atoms with van der Waals surface area (Å²) in [5, 5.41) is 0. The molecule has 0 aliphatic heterocycles. The topological polar surface area (TPSA) is 60.4 Å². The van der Waals surface area contributed by atoms with Crippen LogP contribution in [-0.2, 0) is 19.1 Å². The molecule has 0 spiro atoms. The number of carbonyl (C=O) groups is 3. The van der Waals surface area contributed by atoms with Crippen LogP contribution >= 0.6 is 0 Å². The van der Waals surface area contributed by atoms with Crippen LogP contribution < -0.4 is 0 Å². The molecule has 0 aromatic heterocycles. The summed E-state index contributed by atoms with van der Waals surface area (Å²) in [6.07, 6.45) is 0.897. The van der Waals surface area contributed by atoms with E-state index in [9.17, 15) is 14.4 Å². The zero-order chi connectivity index (χ0) is 12.9. The third kappa shape index (κ3) is 5.05. The summed E-state index contributed by atoms with van der Waals surface area (Å²) in [7, 11) is 0. The van der Waals surface area contributed by atoms with Gasteiger partial charge in [0.15, 0.2) is 0 Å². The lowest BCUT2D eigenvalue weighted by molar-refractivity contribution is -0.163. The molecule has 0 rings (SSSR count). The smallest absolute Gasteiger partial charge is 0.317 e. The lowest BCUT2D eigenvalue weighted by atomic mass is 9.88. The molecule has 0 aliphatic rings. The molecule has 4 nitrogen and oxygen atoms in total. The number of carbonyl (C=O) groups excluding carboxylic acids is 3. The Balaban J connectivity index is 4.72. The molecule has 0 saturated carbocycles. The van der Waals surface area contributed by atoms with Crippen LogP contribution in [0.25, 0.3) is 0 Å².